The summed E-state index contributed by atoms with van der Waals surface area (Å²) in [5.74, 6) is 1.86. The van der Waals surface area contributed by atoms with E-state index in [1.165, 1.54) is 0 Å². The fourth-order valence-electron chi connectivity index (χ4n) is 2.08. The van der Waals surface area contributed by atoms with Crippen LogP contribution in [-0.4, -0.2) is 17.3 Å². The maximum atomic E-state index is 5.76. The Morgan fingerprint density at radius 3 is 2.81 bits per heavy atom. The normalized spacial score (nSPS) is 10.5. The van der Waals surface area contributed by atoms with E-state index >= 15 is 0 Å². The molecule has 0 unspecified atom stereocenters. The van der Waals surface area contributed by atoms with E-state index in [0.29, 0.717) is 18.1 Å². The van der Waals surface area contributed by atoms with E-state index in [0.717, 1.165) is 22.6 Å². The molecule has 0 aliphatic heterocycles. The van der Waals surface area contributed by atoms with Gasteiger partial charge in [-0.05, 0) is 29.8 Å². The molecule has 0 atom stereocenters. The van der Waals surface area contributed by atoms with Gasteiger partial charge >= 0.3 is 0 Å². The van der Waals surface area contributed by atoms with Gasteiger partial charge in [0, 0.05) is 11.3 Å². The van der Waals surface area contributed by atoms with Crippen LogP contribution in [0.2, 0.25) is 0 Å². The molecule has 2 N–H and O–H groups in total. The minimum atomic E-state index is 0.549. The number of hydrogen-bond donors (Lipinski definition) is 1. The molecule has 2 aromatic carbocycles. The van der Waals surface area contributed by atoms with Gasteiger partial charge in [-0.25, -0.2) is 0 Å². The zero-order valence-corrected chi connectivity index (χ0v) is 11.6. The van der Waals surface area contributed by atoms with Crippen LogP contribution in [0.25, 0.3) is 11.4 Å². The first-order chi connectivity index (χ1) is 10.2. The third-order valence-corrected chi connectivity index (χ3v) is 3.10. The van der Waals surface area contributed by atoms with Crippen LogP contribution in [0.15, 0.2) is 53.1 Å². The molecule has 0 aliphatic rings. The van der Waals surface area contributed by atoms with Crippen molar-refractivity contribution in [3.8, 4) is 17.1 Å². The molecular formula is C16H15N3O2. The standard InChI is InChI=1S/C16H15N3O2/c1-20-14-7-3-5-12(10-14)16-18-15(21-19-16)9-11-4-2-6-13(17)8-11/h2-8,10H,9,17H2,1H3. The minimum Gasteiger partial charge on any atom is -0.497 e. The average molecular weight is 281 g/mol. The number of hydrogen-bond acceptors (Lipinski definition) is 5. The van der Waals surface area contributed by atoms with Gasteiger partial charge < -0.3 is 15.0 Å². The van der Waals surface area contributed by atoms with Crippen LogP contribution >= 0.6 is 0 Å². The highest BCUT2D eigenvalue weighted by Crippen LogP contribution is 2.22. The molecule has 3 rings (SSSR count). The number of ether oxygens (including phenoxy) is 1. The molecule has 1 heterocycles. The molecule has 0 aliphatic carbocycles. The molecule has 0 fully saturated rings. The monoisotopic (exact) mass is 281 g/mol. The number of nitrogens with two attached hydrogens (primary N) is 1. The maximum Gasteiger partial charge on any atom is 0.231 e. The molecule has 0 amide bonds. The Labute approximate surface area is 122 Å². The summed E-state index contributed by atoms with van der Waals surface area (Å²) in [7, 11) is 1.63. The van der Waals surface area contributed by atoms with E-state index in [2.05, 4.69) is 10.1 Å². The summed E-state index contributed by atoms with van der Waals surface area (Å²) >= 11 is 0. The molecule has 106 valence electrons. The zero-order chi connectivity index (χ0) is 14.7. The van der Waals surface area contributed by atoms with Gasteiger partial charge in [-0.2, -0.15) is 4.98 Å². The number of nitrogen functional groups attached to an aromatic ring is 1. The first kappa shape index (κ1) is 13.2. The number of benzene rings is 2. The molecule has 0 saturated carbocycles. The van der Waals surface area contributed by atoms with Crippen molar-refractivity contribution in [1.29, 1.82) is 0 Å². The minimum absolute atomic E-state index is 0.549. The van der Waals surface area contributed by atoms with Crippen molar-refractivity contribution in [2.75, 3.05) is 12.8 Å². The lowest BCUT2D eigenvalue weighted by Crippen LogP contribution is -1.91. The van der Waals surface area contributed by atoms with Crippen LogP contribution in [0.3, 0.4) is 0 Å². The van der Waals surface area contributed by atoms with Gasteiger partial charge in [-0.1, -0.05) is 29.4 Å². The van der Waals surface area contributed by atoms with E-state index in [1.54, 1.807) is 7.11 Å². The van der Waals surface area contributed by atoms with Crippen molar-refractivity contribution in [1.82, 2.24) is 10.1 Å². The van der Waals surface area contributed by atoms with E-state index in [4.69, 9.17) is 15.0 Å². The van der Waals surface area contributed by atoms with Crippen LogP contribution < -0.4 is 10.5 Å². The Balaban J connectivity index is 1.82. The summed E-state index contributed by atoms with van der Waals surface area (Å²) in [5.41, 5.74) is 8.38. The SMILES string of the molecule is COc1cccc(-c2noc(Cc3cccc(N)c3)n2)c1. The number of rotatable bonds is 4. The van der Waals surface area contributed by atoms with Crippen LogP contribution in [0.1, 0.15) is 11.5 Å². The number of anilines is 1. The van der Waals surface area contributed by atoms with Gasteiger partial charge in [-0.3, -0.25) is 0 Å². The summed E-state index contributed by atoms with van der Waals surface area (Å²) in [6.07, 6.45) is 0.558. The van der Waals surface area contributed by atoms with Crippen molar-refractivity contribution < 1.29 is 9.26 Å². The third kappa shape index (κ3) is 3.02. The Morgan fingerprint density at radius 1 is 1.14 bits per heavy atom. The topological polar surface area (TPSA) is 74.2 Å². The van der Waals surface area contributed by atoms with Crippen LogP contribution in [-0.2, 0) is 6.42 Å². The highest BCUT2D eigenvalue weighted by atomic mass is 16.5. The van der Waals surface area contributed by atoms with Crippen LogP contribution in [0.5, 0.6) is 5.75 Å². The third-order valence-electron chi connectivity index (χ3n) is 3.10. The second-order valence-electron chi connectivity index (χ2n) is 4.67. The molecule has 3 aromatic rings. The summed E-state index contributed by atoms with van der Waals surface area (Å²) in [6, 6.07) is 15.2. The Morgan fingerprint density at radius 2 is 2.00 bits per heavy atom. The molecule has 5 nitrogen and oxygen atoms in total. The Kier molecular flexibility index (Phi) is 3.55. The van der Waals surface area contributed by atoms with Gasteiger partial charge in [-0.15, -0.1) is 0 Å². The second kappa shape index (κ2) is 5.66. The van der Waals surface area contributed by atoms with Crippen LogP contribution in [0, 0.1) is 0 Å². The predicted molar refractivity (Wildman–Crippen MR) is 79.9 cm³/mol. The van der Waals surface area contributed by atoms with E-state index < -0.39 is 0 Å². The summed E-state index contributed by atoms with van der Waals surface area (Å²) in [6.45, 7) is 0. The molecule has 5 heteroatoms. The molecule has 0 bridgehead atoms. The van der Waals surface area contributed by atoms with Crippen molar-refractivity contribution >= 4 is 5.69 Å². The number of aromatic nitrogens is 2. The summed E-state index contributed by atoms with van der Waals surface area (Å²) in [4.78, 5) is 4.41. The highest BCUT2D eigenvalue weighted by molar-refractivity contribution is 5.56. The van der Waals surface area contributed by atoms with Crippen molar-refractivity contribution in [3.05, 3.63) is 60.0 Å². The molecule has 0 saturated heterocycles. The molecule has 0 spiro atoms. The van der Waals surface area contributed by atoms with E-state index in [1.807, 2.05) is 48.5 Å². The lowest BCUT2D eigenvalue weighted by Gasteiger charge is -2.00. The summed E-state index contributed by atoms with van der Waals surface area (Å²) in [5, 5.41) is 4.01. The van der Waals surface area contributed by atoms with Crippen molar-refractivity contribution in [3.63, 3.8) is 0 Å². The van der Waals surface area contributed by atoms with Crippen LogP contribution in [0.4, 0.5) is 5.69 Å². The zero-order valence-electron chi connectivity index (χ0n) is 11.6. The highest BCUT2D eigenvalue weighted by Gasteiger charge is 2.10. The Bertz CT molecular complexity index is 753. The predicted octanol–water partition coefficient (Wildman–Crippen LogP) is 2.92. The van der Waals surface area contributed by atoms with E-state index in [-0.39, 0.29) is 0 Å². The first-order valence-corrected chi connectivity index (χ1v) is 6.56. The van der Waals surface area contributed by atoms with Gasteiger partial charge in [0.2, 0.25) is 11.7 Å². The van der Waals surface area contributed by atoms with Gasteiger partial charge in [0.1, 0.15) is 5.75 Å². The summed E-state index contributed by atoms with van der Waals surface area (Å²) < 4.78 is 10.5. The van der Waals surface area contributed by atoms with Crippen molar-refractivity contribution in [2.24, 2.45) is 0 Å². The number of nitrogens with zero attached hydrogens (tertiary/aromatic N) is 2. The molecule has 0 radical (unpaired) electrons. The van der Waals surface area contributed by atoms with E-state index in [9.17, 15) is 0 Å². The first-order valence-electron chi connectivity index (χ1n) is 6.56. The van der Waals surface area contributed by atoms with Gasteiger partial charge in [0.25, 0.3) is 0 Å². The molecule has 21 heavy (non-hydrogen) atoms. The largest absolute Gasteiger partial charge is 0.497 e. The van der Waals surface area contributed by atoms with Gasteiger partial charge in [0.15, 0.2) is 0 Å². The lowest BCUT2D eigenvalue weighted by molar-refractivity contribution is 0.385. The smallest absolute Gasteiger partial charge is 0.231 e. The average Bonchev–Trinajstić information content (AvgIpc) is 2.96. The van der Waals surface area contributed by atoms with Gasteiger partial charge in [0.05, 0.1) is 13.5 Å². The maximum absolute atomic E-state index is 5.76. The fourth-order valence-corrected chi connectivity index (χ4v) is 2.08. The number of methoxy groups -OCH3 is 1. The fraction of sp³-hybridized carbons (Fsp3) is 0.125. The molecular weight excluding hydrogens is 266 g/mol. The second-order valence-corrected chi connectivity index (χ2v) is 4.67. The Hall–Kier alpha value is -2.82. The lowest BCUT2D eigenvalue weighted by atomic mass is 10.1. The van der Waals surface area contributed by atoms with Crippen molar-refractivity contribution in [2.45, 2.75) is 6.42 Å². The molecule has 1 aromatic heterocycles. The quantitative estimate of drug-likeness (QED) is 0.744.